The van der Waals surface area contributed by atoms with Crippen molar-refractivity contribution >= 4 is 5.91 Å². The van der Waals surface area contributed by atoms with Gasteiger partial charge in [0.15, 0.2) is 0 Å². The molecule has 1 saturated heterocycles. The van der Waals surface area contributed by atoms with Crippen LogP contribution in [0.2, 0.25) is 0 Å². The molecule has 1 saturated carbocycles. The Morgan fingerprint density at radius 1 is 1.35 bits per heavy atom. The van der Waals surface area contributed by atoms with Crippen LogP contribution < -0.4 is 5.32 Å². The van der Waals surface area contributed by atoms with Gasteiger partial charge in [-0.05, 0) is 44.1 Å². The number of hydrogen-bond donors (Lipinski definition) is 1. The first-order valence-corrected chi connectivity index (χ1v) is 7.20. The van der Waals surface area contributed by atoms with E-state index in [1.807, 2.05) is 0 Å². The second-order valence-corrected chi connectivity index (χ2v) is 5.94. The Labute approximate surface area is 105 Å². The van der Waals surface area contributed by atoms with Crippen molar-refractivity contribution in [1.82, 2.24) is 10.2 Å². The topological polar surface area (TPSA) is 32.3 Å². The van der Waals surface area contributed by atoms with Gasteiger partial charge in [0, 0.05) is 25.6 Å². The van der Waals surface area contributed by atoms with Crippen LogP contribution in [0.5, 0.6) is 0 Å². The van der Waals surface area contributed by atoms with E-state index in [9.17, 15) is 4.79 Å². The highest BCUT2D eigenvalue weighted by Gasteiger charge is 2.29. The summed E-state index contributed by atoms with van der Waals surface area (Å²) in [6, 6.07) is 0.528. The van der Waals surface area contributed by atoms with Gasteiger partial charge in [0.2, 0.25) is 5.91 Å². The Kier molecular flexibility index (Phi) is 4.43. The van der Waals surface area contributed by atoms with Gasteiger partial charge in [0.1, 0.15) is 0 Å². The van der Waals surface area contributed by atoms with E-state index in [-0.39, 0.29) is 0 Å². The third-order valence-corrected chi connectivity index (χ3v) is 3.87. The number of carbonyl (C=O) groups is 1. The molecule has 0 aromatic rings. The first kappa shape index (κ1) is 12.9. The van der Waals surface area contributed by atoms with E-state index in [2.05, 4.69) is 24.1 Å². The van der Waals surface area contributed by atoms with Crippen LogP contribution in [0.1, 0.15) is 46.0 Å². The lowest BCUT2D eigenvalue weighted by Crippen LogP contribution is -2.51. The molecule has 98 valence electrons. The Bertz CT molecular complexity index is 263. The molecule has 2 aliphatic rings. The van der Waals surface area contributed by atoms with Crippen LogP contribution in [0, 0.1) is 11.8 Å². The molecule has 1 aliphatic heterocycles. The number of nitrogens with zero attached hydrogens (tertiary/aromatic N) is 1. The zero-order chi connectivity index (χ0) is 12.3. The highest BCUT2D eigenvalue weighted by atomic mass is 16.2. The maximum absolute atomic E-state index is 11.9. The fraction of sp³-hybridized carbons (Fsp3) is 0.929. The summed E-state index contributed by atoms with van der Waals surface area (Å²) in [5.74, 6) is 1.91. The van der Waals surface area contributed by atoms with E-state index >= 15 is 0 Å². The molecule has 0 spiro atoms. The number of likely N-dealkylation sites (tertiary alicyclic amines) is 1. The van der Waals surface area contributed by atoms with Gasteiger partial charge in [0.25, 0.3) is 0 Å². The summed E-state index contributed by atoms with van der Waals surface area (Å²) < 4.78 is 0. The van der Waals surface area contributed by atoms with Crippen LogP contribution >= 0.6 is 0 Å². The van der Waals surface area contributed by atoms with Crippen molar-refractivity contribution in [3.8, 4) is 0 Å². The van der Waals surface area contributed by atoms with E-state index in [1.165, 1.54) is 19.3 Å². The summed E-state index contributed by atoms with van der Waals surface area (Å²) in [7, 11) is 0. The molecule has 2 fully saturated rings. The normalized spacial score (nSPS) is 29.4. The number of nitrogens with one attached hydrogen (secondary N) is 1. The maximum atomic E-state index is 11.9. The second-order valence-electron chi connectivity index (χ2n) is 5.94. The van der Waals surface area contributed by atoms with Crippen LogP contribution in [-0.4, -0.2) is 36.5 Å². The smallest absolute Gasteiger partial charge is 0.222 e. The van der Waals surface area contributed by atoms with E-state index < -0.39 is 0 Å². The lowest BCUT2D eigenvalue weighted by Gasteiger charge is -2.37. The minimum atomic E-state index is 0.345. The molecule has 0 bridgehead atoms. The average molecular weight is 238 g/mol. The lowest BCUT2D eigenvalue weighted by molar-refractivity contribution is -0.133. The summed E-state index contributed by atoms with van der Waals surface area (Å²) in [4.78, 5) is 14.0. The van der Waals surface area contributed by atoms with Gasteiger partial charge in [-0.2, -0.15) is 0 Å². The van der Waals surface area contributed by atoms with Crippen molar-refractivity contribution in [2.75, 3.05) is 19.6 Å². The highest BCUT2D eigenvalue weighted by Crippen LogP contribution is 2.28. The molecule has 2 rings (SSSR count). The van der Waals surface area contributed by atoms with E-state index in [4.69, 9.17) is 0 Å². The molecule has 1 aliphatic carbocycles. The Morgan fingerprint density at radius 2 is 2.12 bits per heavy atom. The van der Waals surface area contributed by atoms with Crippen molar-refractivity contribution in [3.05, 3.63) is 0 Å². The Hall–Kier alpha value is -0.570. The third kappa shape index (κ3) is 3.98. The standard InChI is InChI=1S/C14H26N2O/c1-3-4-14(17)16-9-11(2)7-13(10-16)15-8-12-5-6-12/h11-13,15H,3-10H2,1-2H3. The summed E-state index contributed by atoms with van der Waals surface area (Å²) in [5.41, 5.74) is 0. The number of rotatable bonds is 5. The van der Waals surface area contributed by atoms with Gasteiger partial charge >= 0.3 is 0 Å². The predicted molar refractivity (Wildman–Crippen MR) is 69.8 cm³/mol. The highest BCUT2D eigenvalue weighted by molar-refractivity contribution is 5.76. The summed E-state index contributed by atoms with van der Waals surface area (Å²) in [5, 5.41) is 3.65. The molecule has 0 aromatic heterocycles. The van der Waals surface area contributed by atoms with Crippen LogP contribution in [-0.2, 0) is 4.79 Å². The monoisotopic (exact) mass is 238 g/mol. The predicted octanol–water partition coefficient (Wildman–Crippen LogP) is 2.02. The molecular weight excluding hydrogens is 212 g/mol. The molecule has 3 nitrogen and oxygen atoms in total. The minimum absolute atomic E-state index is 0.345. The van der Waals surface area contributed by atoms with Crippen molar-refractivity contribution < 1.29 is 4.79 Å². The van der Waals surface area contributed by atoms with Crippen LogP contribution in [0.25, 0.3) is 0 Å². The fourth-order valence-electron chi connectivity index (χ4n) is 2.73. The molecule has 2 atom stereocenters. The van der Waals surface area contributed by atoms with Gasteiger partial charge in [-0.1, -0.05) is 13.8 Å². The zero-order valence-electron chi connectivity index (χ0n) is 11.2. The molecule has 3 heteroatoms. The molecule has 17 heavy (non-hydrogen) atoms. The molecule has 0 radical (unpaired) electrons. The van der Waals surface area contributed by atoms with Gasteiger partial charge in [-0.3, -0.25) is 4.79 Å². The molecular formula is C14H26N2O. The van der Waals surface area contributed by atoms with Gasteiger partial charge in [-0.15, -0.1) is 0 Å². The molecule has 1 heterocycles. The number of piperidine rings is 1. The van der Waals surface area contributed by atoms with Crippen LogP contribution in [0.3, 0.4) is 0 Å². The SMILES string of the molecule is CCCC(=O)N1CC(C)CC(NCC2CC2)C1. The number of carbonyl (C=O) groups excluding carboxylic acids is 1. The van der Waals surface area contributed by atoms with Crippen LogP contribution in [0.15, 0.2) is 0 Å². The average Bonchev–Trinajstić information content (AvgIpc) is 3.10. The summed E-state index contributed by atoms with van der Waals surface area (Å²) in [6.07, 6.45) is 5.69. The quantitative estimate of drug-likeness (QED) is 0.795. The van der Waals surface area contributed by atoms with E-state index in [0.717, 1.165) is 32.0 Å². The van der Waals surface area contributed by atoms with E-state index in [1.54, 1.807) is 0 Å². The fourth-order valence-corrected chi connectivity index (χ4v) is 2.73. The van der Waals surface area contributed by atoms with Gasteiger partial charge in [0.05, 0.1) is 0 Å². The third-order valence-electron chi connectivity index (χ3n) is 3.87. The summed E-state index contributed by atoms with van der Waals surface area (Å²) in [6.45, 7) is 7.38. The second kappa shape index (κ2) is 5.85. The number of hydrogen-bond acceptors (Lipinski definition) is 2. The van der Waals surface area contributed by atoms with Crippen molar-refractivity contribution in [2.24, 2.45) is 11.8 Å². The Balaban J connectivity index is 1.79. The van der Waals surface area contributed by atoms with Crippen molar-refractivity contribution in [3.63, 3.8) is 0 Å². The van der Waals surface area contributed by atoms with Crippen molar-refractivity contribution in [2.45, 2.75) is 52.0 Å². The number of amides is 1. The van der Waals surface area contributed by atoms with Crippen molar-refractivity contribution in [1.29, 1.82) is 0 Å². The molecule has 0 aromatic carbocycles. The minimum Gasteiger partial charge on any atom is -0.341 e. The lowest BCUT2D eigenvalue weighted by atomic mass is 9.95. The largest absolute Gasteiger partial charge is 0.341 e. The Morgan fingerprint density at radius 3 is 2.76 bits per heavy atom. The van der Waals surface area contributed by atoms with Gasteiger partial charge < -0.3 is 10.2 Å². The van der Waals surface area contributed by atoms with E-state index in [0.29, 0.717) is 24.3 Å². The first-order chi connectivity index (χ1) is 8.19. The maximum Gasteiger partial charge on any atom is 0.222 e. The first-order valence-electron chi connectivity index (χ1n) is 7.20. The molecule has 1 N–H and O–H groups in total. The van der Waals surface area contributed by atoms with Crippen LogP contribution in [0.4, 0.5) is 0 Å². The summed E-state index contributed by atoms with van der Waals surface area (Å²) >= 11 is 0. The molecule has 1 amide bonds. The molecule has 2 unspecified atom stereocenters. The zero-order valence-corrected chi connectivity index (χ0v) is 11.2. The van der Waals surface area contributed by atoms with Gasteiger partial charge in [-0.25, -0.2) is 0 Å².